The third kappa shape index (κ3) is 6.70. The van der Waals surface area contributed by atoms with Crippen LogP contribution in [-0.2, 0) is 4.79 Å². The Morgan fingerprint density at radius 3 is 2.58 bits per heavy atom. The van der Waals surface area contributed by atoms with Crippen molar-refractivity contribution in [3.05, 3.63) is 59.7 Å². The SMILES string of the molecule is Cc1cccc(OCCCC(=O)NC(C)c2cccc(OC(F)F)c2)c1. The molecule has 0 spiro atoms. The highest BCUT2D eigenvalue weighted by Gasteiger charge is 2.11. The average molecular weight is 363 g/mol. The van der Waals surface area contributed by atoms with E-state index in [-0.39, 0.29) is 17.7 Å². The van der Waals surface area contributed by atoms with Gasteiger partial charge in [0.05, 0.1) is 12.6 Å². The molecule has 26 heavy (non-hydrogen) atoms. The lowest BCUT2D eigenvalue weighted by molar-refractivity contribution is -0.122. The van der Waals surface area contributed by atoms with E-state index in [2.05, 4.69) is 10.1 Å². The molecule has 1 atom stereocenters. The molecule has 0 heterocycles. The smallest absolute Gasteiger partial charge is 0.387 e. The van der Waals surface area contributed by atoms with Gasteiger partial charge in [-0.05, 0) is 55.7 Å². The van der Waals surface area contributed by atoms with Crippen LogP contribution >= 0.6 is 0 Å². The fraction of sp³-hybridized carbons (Fsp3) is 0.350. The number of rotatable bonds is 9. The van der Waals surface area contributed by atoms with Crippen molar-refractivity contribution in [1.82, 2.24) is 5.32 Å². The van der Waals surface area contributed by atoms with Crippen molar-refractivity contribution < 1.29 is 23.0 Å². The van der Waals surface area contributed by atoms with Crippen molar-refractivity contribution in [2.75, 3.05) is 6.61 Å². The molecule has 1 unspecified atom stereocenters. The fourth-order valence-corrected chi connectivity index (χ4v) is 2.48. The maximum atomic E-state index is 12.3. The third-order valence-corrected chi connectivity index (χ3v) is 3.77. The first kappa shape index (κ1) is 19.7. The van der Waals surface area contributed by atoms with Crippen molar-refractivity contribution in [3.8, 4) is 11.5 Å². The van der Waals surface area contributed by atoms with Gasteiger partial charge in [0.1, 0.15) is 11.5 Å². The Morgan fingerprint density at radius 2 is 1.85 bits per heavy atom. The van der Waals surface area contributed by atoms with Gasteiger partial charge in [-0.15, -0.1) is 0 Å². The topological polar surface area (TPSA) is 47.6 Å². The van der Waals surface area contributed by atoms with Gasteiger partial charge >= 0.3 is 6.61 Å². The molecule has 2 rings (SSSR count). The standard InChI is InChI=1S/C20H23F2NO3/c1-14-6-3-8-17(12-14)25-11-5-10-19(24)23-15(2)16-7-4-9-18(13-16)26-20(21)22/h3-4,6-9,12-13,15,20H,5,10-11H2,1-2H3,(H,23,24). The summed E-state index contributed by atoms with van der Waals surface area (Å²) in [6.45, 7) is 1.36. The minimum Gasteiger partial charge on any atom is -0.494 e. The van der Waals surface area contributed by atoms with Gasteiger partial charge in [0.25, 0.3) is 0 Å². The number of nitrogens with one attached hydrogen (secondary N) is 1. The number of hydrogen-bond acceptors (Lipinski definition) is 3. The molecule has 4 nitrogen and oxygen atoms in total. The molecule has 2 aromatic rings. The van der Waals surface area contributed by atoms with E-state index in [1.807, 2.05) is 31.2 Å². The summed E-state index contributed by atoms with van der Waals surface area (Å²) in [5.74, 6) is 0.741. The Morgan fingerprint density at radius 1 is 1.12 bits per heavy atom. The van der Waals surface area contributed by atoms with E-state index in [1.54, 1.807) is 19.1 Å². The van der Waals surface area contributed by atoms with Crippen molar-refractivity contribution in [2.24, 2.45) is 0 Å². The van der Waals surface area contributed by atoms with E-state index in [1.165, 1.54) is 12.1 Å². The molecule has 140 valence electrons. The summed E-state index contributed by atoms with van der Waals surface area (Å²) >= 11 is 0. The largest absolute Gasteiger partial charge is 0.494 e. The molecule has 6 heteroatoms. The van der Waals surface area contributed by atoms with Crippen LogP contribution in [-0.4, -0.2) is 19.1 Å². The highest BCUT2D eigenvalue weighted by atomic mass is 19.3. The van der Waals surface area contributed by atoms with E-state index in [0.29, 0.717) is 25.0 Å². The molecule has 0 aliphatic carbocycles. The van der Waals surface area contributed by atoms with Crippen LogP contribution in [0.15, 0.2) is 48.5 Å². The lowest BCUT2D eigenvalue weighted by atomic mass is 10.1. The van der Waals surface area contributed by atoms with Gasteiger partial charge in [-0.2, -0.15) is 8.78 Å². The molecule has 0 radical (unpaired) electrons. The van der Waals surface area contributed by atoms with E-state index in [9.17, 15) is 13.6 Å². The van der Waals surface area contributed by atoms with E-state index >= 15 is 0 Å². The Balaban J connectivity index is 1.75. The zero-order valence-electron chi connectivity index (χ0n) is 14.9. The highest BCUT2D eigenvalue weighted by Crippen LogP contribution is 2.21. The van der Waals surface area contributed by atoms with Crippen molar-refractivity contribution in [2.45, 2.75) is 39.3 Å². The molecule has 0 aliphatic rings. The van der Waals surface area contributed by atoms with Crippen LogP contribution in [0.1, 0.15) is 36.9 Å². The van der Waals surface area contributed by atoms with Crippen LogP contribution in [0.4, 0.5) is 8.78 Å². The third-order valence-electron chi connectivity index (χ3n) is 3.77. The number of ether oxygens (including phenoxy) is 2. The van der Waals surface area contributed by atoms with Crippen molar-refractivity contribution in [3.63, 3.8) is 0 Å². The van der Waals surface area contributed by atoms with Crippen molar-refractivity contribution >= 4 is 5.91 Å². The molecular formula is C20H23F2NO3. The van der Waals surface area contributed by atoms with Gasteiger partial charge < -0.3 is 14.8 Å². The van der Waals surface area contributed by atoms with Gasteiger partial charge in [0.15, 0.2) is 0 Å². The summed E-state index contributed by atoms with van der Waals surface area (Å²) in [5, 5.41) is 2.85. The van der Waals surface area contributed by atoms with Gasteiger partial charge in [-0.3, -0.25) is 4.79 Å². The Hall–Kier alpha value is -2.63. The molecule has 0 aromatic heterocycles. The second kappa shape index (κ2) is 9.75. The Labute approximate surface area is 152 Å². The van der Waals surface area contributed by atoms with Crippen molar-refractivity contribution in [1.29, 1.82) is 0 Å². The predicted molar refractivity (Wildman–Crippen MR) is 95.5 cm³/mol. The summed E-state index contributed by atoms with van der Waals surface area (Å²) in [5.41, 5.74) is 1.82. The summed E-state index contributed by atoms with van der Waals surface area (Å²) in [6, 6.07) is 13.7. The number of carbonyl (C=O) groups excluding carboxylic acids is 1. The predicted octanol–water partition coefficient (Wildman–Crippen LogP) is 4.63. The molecule has 2 aromatic carbocycles. The maximum absolute atomic E-state index is 12.3. The zero-order chi connectivity index (χ0) is 18.9. The number of benzene rings is 2. The monoisotopic (exact) mass is 363 g/mol. The molecule has 0 saturated heterocycles. The minimum absolute atomic E-state index is 0.0742. The van der Waals surface area contributed by atoms with Gasteiger partial charge in [-0.25, -0.2) is 0 Å². The van der Waals surface area contributed by atoms with Crippen LogP contribution < -0.4 is 14.8 Å². The average Bonchev–Trinajstić information content (AvgIpc) is 2.58. The first-order chi connectivity index (χ1) is 12.4. The first-order valence-electron chi connectivity index (χ1n) is 8.47. The second-order valence-corrected chi connectivity index (χ2v) is 6.01. The molecule has 0 aliphatic heterocycles. The minimum atomic E-state index is -2.87. The van der Waals surface area contributed by atoms with E-state index in [4.69, 9.17) is 4.74 Å². The number of aryl methyl sites for hydroxylation is 1. The Bertz CT molecular complexity index is 722. The van der Waals surface area contributed by atoms with Crippen LogP contribution in [0, 0.1) is 6.92 Å². The molecule has 0 fully saturated rings. The summed E-state index contributed by atoms with van der Waals surface area (Å²) in [6.07, 6.45) is 0.907. The zero-order valence-corrected chi connectivity index (χ0v) is 14.9. The molecule has 1 amide bonds. The summed E-state index contributed by atoms with van der Waals surface area (Å²) in [7, 11) is 0. The quantitative estimate of drug-likeness (QED) is 0.661. The van der Waals surface area contributed by atoms with Crippen LogP contribution in [0.3, 0.4) is 0 Å². The van der Waals surface area contributed by atoms with Crippen LogP contribution in [0.25, 0.3) is 0 Å². The highest BCUT2D eigenvalue weighted by molar-refractivity contribution is 5.76. The molecular weight excluding hydrogens is 340 g/mol. The van der Waals surface area contributed by atoms with E-state index in [0.717, 1.165) is 11.3 Å². The fourth-order valence-electron chi connectivity index (χ4n) is 2.48. The summed E-state index contributed by atoms with van der Waals surface area (Å²) in [4.78, 5) is 12.0. The number of hydrogen-bond donors (Lipinski definition) is 1. The first-order valence-corrected chi connectivity index (χ1v) is 8.47. The number of halogens is 2. The van der Waals surface area contributed by atoms with Crippen LogP contribution in [0.5, 0.6) is 11.5 Å². The number of alkyl halides is 2. The van der Waals surface area contributed by atoms with Gasteiger partial charge in [0.2, 0.25) is 5.91 Å². The molecule has 0 saturated carbocycles. The van der Waals surface area contributed by atoms with E-state index < -0.39 is 6.61 Å². The van der Waals surface area contributed by atoms with Gasteiger partial charge in [0, 0.05) is 6.42 Å². The molecule has 0 bridgehead atoms. The van der Waals surface area contributed by atoms with Gasteiger partial charge in [-0.1, -0.05) is 24.3 Å². The number of amides is 1. The normalized spacial score (nSPS) is 11.9. The lowest BCUT2D eigenvalue weighted by Gasteiger charge is -2.15. The maximum Gasteiger partial charge on any atom is 0.387 e. The lowest BCUT2D eigenvalue weighted by Crippen LogP contribution is -2.26. The Kier molecular flexibility index (Phi) is 7.38. The summed E-state index contributed by atoms with van der Waals surface area (Å²) < 4.78 is 34.5. The van der Waals surface area contributed by atoms with Crippen LogP contribution in [0.2, 0.25) is 0 Å². The molecule has 1 N–H and O–H groups in total. The number of carbonyl (C=O) groups is 1. The second-order valence-electron chi connectivity index (χ2n) is 6.01.